The van der Waals surface area contributed by atoms with Crippen molar-refractivity contribution in [1.29, 1.82) is 5.26 Å². The summed E-state index contributed by atoms with van der Waals surface area (Å²) in [7, 11) is -4.22. The number of aliphatic hydroxyl groups is 2. The van der Waals surface area contributed by atoms with E-state index in [-0.39, 0.29) is 29.4 Å². The Hall–Kier alpha value is -2.92. The van der Waals surface area contributed by atoms with Crippen LogP contribution in [0.5, 0.6) is 11.6 Å². The van der Waals surface area contributed by atoms with Crippen LogP contribution >= 0.6 is 0 Å². The molecule has 0 aliphatic carbocycles. The fourth-order valence-corrected chi connectivity index (χ4v) is 4.91. The maximum absolute atomic E-state index is 13.8. The highest BCUT2D eigenvalue weighted by atomic mass is 32.2. The maximum Gasteiger partial charge on any atom is 0.388 e. The van der Waals surface area contributed by atoms with Gasteiger partial charge in [0.1, 0.15) is 28.1 Å². The first-order chi connectivity index (χ1) is 15.5. The quantitative estimate of drug-likeness (QED) is 0.573. The van der Waals surface area contributed by atoms with Gasteiger partial charge >= 0.3 is 6.61 Å². The highest BCUT2D eigenvalue weighted by Crippen LogP contribution is 2.35. The lowest BCUT2D eigenvalue weighted by Crippen LogP contribution is -2.50. The van der Waals surface area contributed by atoms with Crippen LogP contribution in [0.4, 0.5) is 13.2 Å². The first-order valence-electron chi connectivity index (χ1n) is 9.61. The Labute approximate surface area is 187 Å². The van der Waals surface area contributed by atoms with Crippen LogP contribution < -0.4 is 9.47 Å². The van der Waals surface area contributed by atoms with Crippen LogP contribution in [-0.2, 0) is 10.0 Å². The first kappa shape index (κ1) is 24.7. The van der Waals surface area contributed by atoms with Gasteiger partial charge < -0.3 is 19.7 Å². The number of β-amino-alcohol motifs (C(OH)–C–C–N with tert-alkyl or cyclic N) is 1. The summed E-state index contributed by atoms with van der Waals surface area (Å²) in [4.78, 5) is 3.22. The number of pyridine rings is 1. The molecule has 1 aliphatic rings. The molecule has 0 bridgehead atoms. The van der Waals surface area contributed by atoms with Crippen LogP contribution in [0.15, 0.2) is 41.4 Å². The molecule has 1 fully saturated rings. The fourth-order valence-electron chi connectivity index (χ4n) is 3.44. The number of nitrogens with zero attached hydrogens (tertiary/aromatic N) is 3. The normalized spacial score (nSPS) is 22.2. The molecule has 1 aliphatic heterocycles. The Bertz CT molecular complexity index is 1140. The van der Waals surface area contributed by atoms with Crippen LogP contribution in [-0.4, -0.2) is 65.9 Å². The standard InChI is InChI=1S/C20H20F3N3O6S/c1-12(27)20(28)11-26(33(29,30)16-4-5-18(25-8-16)32-19(22)23)9-14(20)10-31-15-3-2-13(7-24)17(21)6-15/h2-6,8,12,14,19,27-28H,9-11H2,1H3/t12-,14-,20-/m1/s1. The number of halogens is 3. The van der Waals surface area contributed by atoms with Gasteiger partial charge in [0.15, 0.2) is 0 Å². The Morgan fingerprint density at radius 2 is 2.09 bits per heavy atom. The van der Waals surface area contributed by atoms with Crippen LogP contribution in [0, 0.1) is 23.1 Å². The Balaban J connectivity index is 1.78. The van der Waals surface area contributed by atoms with E-state index in [1.807, 2.05) is 0 Å². The van der Waals surface area contributed by atoms with Gasteiger partial charge in [0.25, 0.3) is 0 Å². The largest absolute Gasteiger partial charge is 0.493 e. The molecular weight excluding hydrogens is 467 g/mol. The number of benzene rings is 1. The van der Waals surface area contributed by atoms with Gasteiger partial charge in [-0.25, -0.2) is 17.8 Å². The van der Waals surface area contributed by atoms with E-state index in [9.17, 15) is 31.8 Å². The molecule has 2 heterocycles. The third-order valence-electron chi connectivity index (χ3n) is 5.35. The van der Waals surface area contributed by atoms with E-state index in [4.69, 9.17) is 10.00 Å². The molecule has 0 amide bonds. The lowest BCUT2D eigenvalue weighted by atomic mass is 9.87. The number of hydrogen-bond acceptors (Lipinski definition) is 8. The molecule has 2 N–H and O–H groups in total. The predicted octanol–water partition coefficient (Wildman–Crippen LogP) is 1.51. The first-order valence-corrected chi connectivity index (χ1v) is 11.0. The molecule has 0 saturated carbocycles. The van der Waals surface area contributed by atoms with E-state index in [0.717, 1.165) is 28.7 Å². The minimum absolute atomic E-state index is 0.0552. The Morgan fingerprint density at radius 3 is 2.64 bits per heavy atom. The smallest absolute Gasteiger partial charge is 0.388 e. The topological polar surface area (TPSA) is 133 Å². The van der Waals surface area contributed by atoms with E-state index < -0.39 is 52.5 Å². The number of nitriles is 1. The van der Waals surface area contributed by atoms with Gasteiger partial charge in [-0.15, -0.1) is 0 Å². The van der Waals surface area contributed by atoms with Crippen molar-refractivity contribution < 1.29 is 41.3 Å². The van der Waals surface area contributed by atoms with Crippen molar-refractivity contribution in [2.75, 3.05) is 19.7 Å². The zero-order valence-electron chi connectivity index (χ0n) is 17.2. The molecule has 33 heavy (non-hydrogen) atoms. The minimum Gasteiger partial charge on any atom is -0.493 e. The van der Waals surface area contributed by atoms with Gasteiger partial charge in [-0.3, -0.25) is 0 Å². The van der Waals surface area contributed by atoms with Crippen molar-refractivity contribution in [1.82, 2.24) is 9.29 Å². The number of ether oxygens (including phenoxy) is 2. The molecule has 9 nitrogen and oxygen atoms in total. The summed E-state index contributed by atoms with van der Waals surface area (Å²) in [6, 6.07) is 7.22. The molecule has 0 spiro atoms. The molecule has 3 rings (SSSR count). The Kier molecular flexibility index (Phi) is 7.13. The fraction of sp³-hybridized carbons (Fsp3) is 0.400. The Morgan fingerprint density at radius 1 is 1.36 bits per heavy atom. The second kappa shape index (κ2) is 9.52. The number of aliphatic hydroxyl groups excluding tert-OH is 1. The van der Waals surface area contributed by atoms with E-state index in [1.165, 1.54) is 19.1 Å². The molecule has 178 valence electrons. The average molecular weight is 487 g/mol. The molecule has 1 aromatic heterocycles. The van der Waals surface area contributed by atoms with Gasteiger partial charge in [-0.2, -0.15) is 18.3 Å². The van der Waals surface area contributed by atoms with Gasteiger partial charge in [0, 0.05) is 31.1 Å². The summed E-state index contributed by atoms with van der Waals surface area (Å²) in [5.41, 5.74) is -2.07. The predicted molar refractivity (Wildman–Crippen MR) is 106 cm³/mol. The monoisotopic (exact) mass is 487 g/mol. The number of sulfonamides is 1. The molecular formula is C20H20F3N3O6S. The van der Waals surface area contributed by atoms with Crippen LogP contribution in [0.3, 0.4) is 0 Å². The van der Waals surface area contributed by atoms with Crippen molar-refractivity contribution in [3.05, 3.63) is 47.9 Å². The van der Waals surface area contributed by atoms with E-state index >= 15 is 0 Å². The summed E-state index contributed by atoms with van der Waals surface area (Å²) < 4.78 is 74.8. The number of rotatable bonds is 8. The lowest BCUT2D eigenvalue weighted by molar-refractivity contribution is -0.0902. The van der Waals surface area contributed by atoms with Gasteiger partial charge in [-0.05, 0) is 25.1 Å². The zero-order valence-corrected chi connectivity index (χ0v) is 18.0. The van der Waals surface area contributed by atoms with Crippen molar-refractivity contribution >= 4 is 10.0 Å². The van der Waals surface area contributed by atoms with Crippen molar-refractivity contribution in [3.63, 3.8) is 0 Å². The van der Waals surface area contributed by atoms with Gasteiger partial charge in [-0.1, -0.05) is 0 Å². The summed E-state index contributed by atoms with van der Waals surface area (Å²) >= 11 is 0. The second-order valence-corrected chi connectivity index (χ2v) is 9.37. The third-order valence-corrected chi connectivity index (χ3v) is 7.15. The van der Waals surface area contributed by atoms with Gasteiger partial charge in [0.2, 0.25) is 15.9 Å². The minimum atomic E-state index is -4.22. The average Bonchev–Trinajstić information content (AvgIpc) is 3.11. The van der Waals surface area contributed by atoms with Crippen LogP contribution in [0.1, 0.15) is 12.5 Å². The van der Waals surface area contributed by atoms with E-state index in [0.29, 0.717) is 0 Å². The molecule has 3 atom stereocenters. The number of hydrogen-bond donors (Lipinski definition) is 2. The highest BCUT2D eigenvalue weighted by Gasteiger charge is 2.52. The summed E-state index contributed by atoms with van der Waals surface area (Å²) in [6.45, 7) is -2.82. The van der Waals surface area contributed by atoms with Crippen molar-refractivity contribution in [2.24, 2.45) is 5.92 Å². The number of aromatic nitrogens is 1. The lowest BCUT2D eigenvalue weighted by Gasteiger charge is -2.31. The summed E-state index contributed by atoms with van der Waals surface area (Å²) in [5, 5.41) is 29.9. The van der Waals surface area contributed by atoms with Crippen LogP contribution in [0.25, 0.3) is 0 Å². The highest BCUT2D eigenvalue weighted by molar-refractivity contribution is 7.89. The van der Waals surface area contributed by atoms with Crippen LogP contribution in [0.2, 0.25) is 0 Å². The SMILES string of the molecule is C[C@@H](O)[C@]1(O)CN(S(=O)(=O)c2ccc(OC(F)F)nc2)C[C@@H]1COc1ccc(C#N)c(F)c1. The molecule has 2 aromatic rings. The summed E-state index contributed by atoms with van der Waals surface area (Å²) in [6.07, 6.45) is -0.499. The van der Waals surface area contributed by atoms with E-state index in [1.54, 1.807) is 6.07 Å². The third kappa shape index (κ3) is 5.19. The molecule has 1 aromatic carbocycles. The van der Waals surface area contributed by atoms with Crippen molar-refractivity contribution in [3.8, 4) is 17.7 Å². The molecule has 13 heteroatoms. The molecule has 0 radical (unpaired) electrons. The summed E-state index contributed by atoms with van der Waals surface area (Å²) in [5.74, 6) is -2.12. The van der Waals surface area contributed by atoms with Gasteiger partial charge in [0.05, 0.1) is 24.5 Å². The van der Waals surface area contributed by atoms with E-state index in [2.05, 4.69) is 9.72 Å². The zero-order chi connectivity index (χ0) is 24.4. The maximum atomic E-state index is 13.8. The molecule has 0 unspecified atom stereocenters. The number of alkyl halides is 2. The second-order valence-electron chi connectivity index (χ2n) is 7.44. The molecule has 1 saturated heterocycles. The van der Waals surface area contributed by atoms with Crippen molar-refractivity contribution in [2.45, 2.75) is 30.1 Å².